The molecule has 1 aromatic rings. The standard InChI is InChI=1S/C37H46O14/c1-18-14-36(45)27(28(18)50-31(44)23-12-10-9-11-13-23)30(49-26(42)17-46-19(2)38)37(51-22(5)41)15-24-25(16-34(6,7)29(24)43)35(8,32(36)47-20(3)39)33(37)48-21(4)40/h9-13,18,24-25,27-28,30,32-33,45H,14-17H2,1-8H3/t18-,24+,25-,27+,28-,30+,32+,33+,35?,36+,37?/m0/s1. The Balaban J connectivity index is 1.85. The van der Waals surface area contributed by atoms with E-state index in [1.165, 1.54) is 12.1 Å². The third kappa shape index (κ3) is 6.40. The molecule has 4 aliphatic carbocycles. The van der Waals surface area contributed by atoms with Crippen molar-refractivity contribution < 1.29 is 67.1 Å². The quantitative estimate of drug-likeness (QED) is 0.305. The molecule has 0 heterocycles. The molecular weight excluding hydrogens is 668 g/mol. The molecule has 0 aliphatic heterocycles. The predicted octanol–water partition coefficient (Wildman–Crippen LogP) is 2.89. The van der Waals surface area contributed by atoms with Gasteiger partial charge in [-0.15, -0.1) is 0 Å². The number of carbonyl (C=O) groups is 7. The summed E-state index contributed by atoms with van der Waals surface area (Å²) in [5.41, 5.74) is -6.86. The molecule has 1 N–H and O–H groups in total. The van der Waals surface area contributed by atoms with Gasteiger partial charge in [0.05, 0.1) is 16.9 Å². The molecule has 0 radical (unpaired) electrons. The van der Waals surface area contributed by atoms with Crippen LogP contribution in [0, 0.1) is 34.5 Å². The molecule has 0 aromatic heterocycles. The summed E-state index contributed by atoms with van der Waals surface area (Å²) in [5, 5.41) is 13.2. The molecule has 11 atom stereocenters. The van der Waals surface area contributed by atoms with Gasteiger partial charge in [0.1, 0.15) is 23.6 Å². The lowest BCUT2D eigenvalue weighted by Gasteiger charge is -2.58. The minimum atomic E-state index is -2.22. The minimum Gasteiger partial charge on any atom is -0.459 e. The van der Waals surface area contributed by atoms with Crippen LogP contribution in [0.1, 0.15) is 85.0 Å². The van der Waals surface area contributed by atoms with Gasteiger partial charge in [-0.3, -0.25) is 24.0 Å². The van der Waals surface area contributed by atoms with Crippen LogP contribution in [0.25, 0.3) is 0 Å². The zero-order valence-electron chi connectivity index (χ0n) is 30.1. The normalized spacial score (nSPS) is 37.5. The van der Waals surface area contributed by atoms with E-state index >= 15 is 0 Å². The van der Waals surface area contributed by atoms with Gasteiger partial charge >= 0.3 is 35.8 Å². The van der Waals surface area contributed by atoms with E-state index in [9.17, 15) is 38.7 Å². The van der Waals surface area contributed by atoms with Gasteiger partial charge in [-0.1, -0.05) is 45.9 Å². The van der Waals surface area contributed by atoms with Crippen molar-refractivity contribution in [2.24, 2.45) is 34.5 Å². The average Bonchev–Trinajstić information content (AvgIpc) is 3.41. The third-order valence-electron chi connectivity index (χ3n) is 11.3. The lowest BCUT2D eigenvalue weighted by Crippen LogP contribution is -2.70. The molecule has 5 rings (SSSR count). The Labute approximate surface area is 295 Å². The molecule has 4 saturated carbocycles. The Morgan fingerprint density at radius 1 is 0.784 bits per heavy atom. The number of rotatable bonds is 8. The molecule has 4 fully saturated rings. The van der Waals surface area contributed by atoms with Crippen LogP contribution in [-0.2, 0) is 57.2 Å². The molecule has 14 nitrogen and oxygen atoms in total. The zero-order valence-corrected chi connectivity index (χ0v) is 30.1. The van der Waals surface area contributed by atoms with E-state index in [1.807, 2.05) is 0 Å². The Morgan fingerprint density at radius 3 is 1.96 bits per heavy atom. The number of aliphatic hydroxyl groups is 1. The summed E-state index contributed by atoms with van der Waals surface area (Å²) < 4.78 is 35.5. The average molecular weight is 715 g/mol. The van der Waals surface area contributed by atoms with E-state index < -0.39 is 113 Å². The van der Waals surface area contributed by atoms with Gasteiger partial charge < -0.3 is 33.5 Å². The molecule has 0 spiro atoms. The number of benzene rings is 1. The second kappa shape index (κ2) is 13.3. The molecule has 51 heavy (non-hydrogen) atoms. The van der Waals surface area contributed by atoms with Crippen molar-refractivity contribution >= 4 is 41.6 Å². The maximum atomic E-state index is 14.2. The monoisotopic (exact) mass is 714 g/mol. The summed E-state index contributed by atoms with van der Waals surface area (Å²) in [4.78, 5) is 92.6. The van der Waals surface area contributed by atoms with Crippen LogP contribution in [0.15, 0.2) is 30.3 Å². The van der Waals surface area contributed by atoms with E-state index in [-0.39, 0.29) is 30.6 Å². The third-order valence-corrected chi connectivity index (χ3v) is 11.3. The highest BCUT2D eigenvalue weighted by Gasteiger charge is 2.82. The molecular formula is C37H46O14. The zero-order chi connectivity index (χ0) is 37.8. The lowest BCUT2D eigenvalue weighted by molar-refractivity contribution is -0.269. The Hall–Kier alpha value is -4.33. The van der Waals surface area contributed by atoms with Crippen LogP contribution >= 0.6 is 0 Å². The molecule has 14 heteroatoms. The fraction of sp³-hybridized carbons (Fsp3) is 0.649. The molecule has 0 saturated heterocycles. The number of ether oxygens (including phenoxy) is 6. The number of carbonyl (C=O) groups excluding carboxylic acids is 7. The molecule has 2 unspecified atom stereocenters. The first-order chi connectivity index (χ1) is 23.7. The van der Waals surface area contributed by atoms with Gasteiger partial charge in [-0.05, 0) is 36.8 Å². The maximum Gasteiger partial charge on any atom is 0.344 e. The van der Waals surface area contributed by atoms with Gasteiger partial charge in [0.15, 0.2) is 24.4 Å². The summed E-state index contributed by atoms with van der Waals surface area (Å²) in [6.45, 7) is 10.4. The lowest BCUT2D eigenvalue weighted by atomic mass is 9.53. The van der Waals surface area contributed by atoms with Gasteiger partial charge in [0.2, 0.25) is 0 Å². The van der Waals surface area contributed by atoms with Crippen LogP contribution in [0.2, 0.25) is 0 Å². The summed E-state index contributed by atoms with van der Waals surface area (Å²) in [6.07, 6.45) is -6.55. The first kappa shape index (κ1) is 37.9. The number of hydrogen-bond donors (Lipinski definition) is 1. The van der Waals surface area contributed by atoms with E-state index in [0.29, 0.717) is 0 Å². The Morgan fingerprint density at radius 2 is 1.39 bits per heavy atom. The number of hydrogen-bond acceptors (Lipinski definition) is 14. The fourth-order valence-corrected chi connectivity index (χ4v) is 9.77. The molecule has 1 aromatic carbocycles. The van der Waals surface area contributed by atoms with E-state index in [0.717, 1.165) is 27.7 Å². The number of ketones is 1. The molecule has 278 valence electrons. The van der Waals surface area contributed by atoms with Crippen molar-refractivity contribution in [1.82, 2.24) is 0 Å². The highest BCUT2D eigenvalue weighted by molar-refractivity contribution is 5.90. The van der Waals surface area contributed by atoms with E-state index in [1.54, 1.807) is 45.9 Å². The van der Waals surface area contributed by atoms with Crippen molar-refractivity contribution in [1.29, 1.82) is 0 Å². The second-order valence-electron chi connectivity index (χ2n) is 15.4. The van der Waals surface area contributed by atoms with E-state index in [2.05, 4.69) is 0 Å². The number of esters is 6. The van der Waals surface area contributed by atoms with Crippen LogP contribution in [-0.4, -0.2) is 88.9 Å². The first-order valence-electron chi connectivity index (χ1n) is 17.1. The minimum absolute atomic E-state index is 0.175. The van der Waals surface area contributed by atoms with Crippen LogP contribution < -0.4 is 0 Å². The van der Waals surface area contributed by atoms with Crippen LogP contribution in [0.4, 0.5) is 0 Å². The smallest absolute Gasteiger partial charge is 0.344 e. The first-order valence-corrected chi connectivity index (χ1v) is 17.1. The number of Topliss-reactive ketones (excluding diaryl/α,β-unsaturated/α-hetero) is 1. The van der Waals surface area contributed by atoms with Gasteiger partial charge in [-0.2, -0.15) is 0 Å². The van der Waals surface area contributed by atoms with Gasteiger partial charge in [-0.25, -0.2) is 9.59 Å². The fourth-order valence-electron chi connectivity index (χ4n) is 9.77. The largest absolute Gasteiger partial charge is 0.459 e. The summed E-state index contributed by atoms with van der Waals surface area (Å²) in [7, 11) is 0. The summed E-state index contributed by atoms with van der Waals surface area (Å²) in [6, 6.07) is 8.03. The SMILES string of the molecule is CC(=O)OCC(=O)O[C@@H]1[C@H]2[C@@H](OC(=O)c3ccccc3)[C@@H](C)C[C@]2(O)[C@H](OC(C)=O)C2(C)[C@H]3CC(C)(C)C(=O)[C@@H]3CC1(OC(C)=O)[C@@H]2OC(C)=O. The topological polar surface area (TPSA) is 195 Å². The Kier molecular flexibility index (Phi) is 9.91. The summed E-state index contributed by atoms with van der Waals surface area (Å²) >= 11 is 0. The molecule has 4 aliphatic rings. The van der Waals surface area contributed by atoms with Crippen molar-refractivity contribution in [2.75, 3.05) is 6.61 Å². The number of fused-ring (bicyclic) bond motifs is 5. The van der Waals surface area contributed by atoms with Crippen LogP contribution in [0.5, 0.6) is 0 Å². The highest BCUT2D eigenvalue weighted by Crippen LogP contribution is 2.69. The van der Waals surface area contributed by atoms with Gasteiger partial charge in [0.25, 0.3) is 0 Å². The van der Waals surface area contributed by atoms with E-state index in [4.69, 9.17) is 28.4 Å². The van der Waals surface area contributed by atoms with Crippen molar-refractivity contribution in [2.45, 2.75) is 110 Å². The van der Waals surface area contributed by atoms with Crippen molar-refractivity contribution in [3.63, 3.8) is 0 Å². The Bertz CT molecular complexity index is 1620. The predicted molar refractivity (Wildman–Crippen MR) is 173 cm³/mol. The molecule has 0 amide bonds. The van der Waals surface area contributed by atoms with Crippen molar-refractivity contribution in [3.8, 4) is 0 Å². The second-order valence-corrected chi connectivity index (χ2v) is 15.4. The maximum absolute atomic E-state index is 14.2. The highest BCUT2D eigenvalue weighted by atomic mass is 16.6. The van der Waals surface area contributed by atoms with Gasteiger partial charge in [0, 0.05) is 45.4 Å². The van der Waals surface area contributed by atoms with Crippen molar-refractivity contribution in [3.05, 3.63) is 35.9 Å². The summed E-state index contributed by atoms with van der Waals surface area (Å²) in [5.74, 6) is -9.32. The molecule has 2 bridgehead atoms. The van der Waals surface area contributed by atoms with Crippen LogP contribution in [0.3, 0.4) is 0 Å².